The minimum absolute atomic E-state index is 0.304. The van der Waals surface area contributed by atoms with Crippen LogP contribution < -0.4 is 5.32 Å². The number of carbonyl (C=O) groups excluding carboxylic acids is 1. The Balaban J connectivity index is 1.71. The first-order chi connectivity index (χ1) is 9.67. The molecule has 1 aliphatic rings. The number of hydrogen-bond acceptors (Lipinski definition) is 3. The number of benzene rings is 1. The summed E-state index contributed by atoms with van der Waals surface area (Å²) in [6.07, 6.45) is 6.47. The van der Waals surface area contributed by atoms with Gasteiger partial charge < -0.3 is 10.4 Å². The molecule has 0 saturated heterocycles. The molecule has 0 unspecified atom stereocenters. The number of hydrogen-bond donors (Lipinski definition) is 2. The maximum atomic E-state index is 12.1. The highest BCUT2D eigenvalue weighted by Crippen LogP contribution is 2.30. The fourth-order valence-corrected chi connectivity index (χ4v) is 2.55. The Labute approximate surface area is 117 Å². The predicted octanol–water partition coefficient (Wildman–Crippen LogP) is 2.12. The lowest BCUT2D eigenvalue weighted by Crippen LogP contribution is -2.40. The Morgan fingerprint density at radius 3 is 2.55 bits per heavy atom. The van der Waals surface area contributed by atoms with Crippen LogP contribution in [-0.2, 0) is 4.79 Å². The van der Waals surface area contributed by atoms with Gasteiger partial charge in [0.1, 0.15) is 5.60 Å². The van der Waals surface area contributed by atoms with Crippen LogP contribution >= 0.6 is 0 Å². The summed E-state index contributed by atoms with van der Waals surface area (Å²) in [5, 5.41) is 17.1. The van der Waals surface area contributed by atoms with Gasteiger partial charge in [0.25, 0.3) is 5.91 Å². The zero-order valence-corrected chi connectivity index (χ0v) is 11.1. The van der Waals surface area contributed by atoms with E-state index in [9.17, 15) is 9.90 Å². The van der Waals surface area contributed by atoms with Gasteiger partial charge in [-0.05, 0) is 56.0 Å². The normalized spacial score (nSPS) is 17.1. The van der Waals surface area contributed by atoms with Crippen molar-refractivity contribution < 1.29 is 9.90 Å². The lowest BCUT2D eigenvalue weighted by molar-refractivity contribution is -0.133. The van der Waals surface area contributed by atoms with E-state index in [1.54, 1.807) is 10.9 Å². The van der Waals surface area contributed by atoms with Crippen LogP contribution in [0.3, 0.4) is 0 Å². The molecule has 0 aliphatic heterocycles. The van der Waals surface area contributed by atoms with Crippen LogP contribution in [0.4, 0.5) is 5.69 Å². The number of aromatic nitrogens is 2. The maximum Gasteiger partial charge on any atom is 0.256 e. The summed E-state index contributed by atoms with van der Waals surface area (Å²) in [6.45, 7) is 0. The quantitative estimate of drug-likeness (QED) is 0.898. The van der Waals surface area contributed by atoms with E-state index in [-0.39, 0.29) is 5.91 Å². The van der Waals surface area contributed by atoms with Crippen molar-refractivity contribution >= 4 is 11.6 Å². The fourth-order valence-electron chi connectivity index (χ4n) is 2.55. The van der Waals surface area contributed by atoms with Gasteiger partial charge in [-0.3, -0.25) is 4.79 Å². The molecule has 104 valence electrons. The van der Waals surface area contributed by atoms with Crippen LogP contribution in [0.25, 0.3) is 5.69 Å². The van der Waals surface area contributed by atoms with Gasteiger partial charge in [0, 0.05) is 18.1 Å². The third-order valence-corrected chi connectivity index (χ3v) is 3.75. The predicted molar refractivity (Wildman–Crippen MR) is 75.6 cm³/mol. The van der Waals surface area contributed by atoms with Crippen LogP contribution in [0, 0.1) is 0 Å². The second-order valence-electron chi connectivity index (χ2n) is 5.19. The molecular weight excluding hydrogens is 254 g/mol. The fraction of sp³-hybridized carbons (Fsp3) is 0.333. The minimum atomic E-state index is -1.19. The van der Waals surface area contributed by atoms with E-state index in [1.165, 1.54) is 0 Å². The average molecular weight is 271 g/mol. The number of nitrogens with one attached hydrogen (secondary N) is 1. The molecule has 2 aromatic rings. The average Bonchev–Trinajstić information content (AvgIpc) is 3.11. The van der Waals surface area contributed by atoms with Crippen LogP contribution in [0.5, 0.6) is 0 Å². The molecule has 1 heterocycles. The van der Waals surface area contributed by atoms with Crippen molar-refractivity contribution in [1.82, 2.24) is 9.78 Å². The molecule has 1 aromatic heterocycles. The monoisotopic (exact) mass is 271 g/mol. The lowest BCUT2D eigenvalue weighted by atomic mass is 10.0. The van der Waals surface area contributed by atoms with E-state index in [4.69, 9.17) is 0 Å². The topological polar surface area (TPSA) is 67.2 Å². The molecule has 1 amide bonds. The highest BCUT2D eigenvalue weighted by molar-refractivity contribution is 5.97. The third kappa shape index (κ3) is 2.44. The summed E-state index contributed by atoms with van der Waals surface area (Å²) < 4.78 is 1.75. The van der Waals surface area contributed by atoms with Crippen molar-refractivity contribution in [2.24, 2.45) is 0 Å². The zero-order valence-electron chi connectivity index (χ0n) is 11.1. The summed E-state index contributed by atoms with van der Waals surface area (Å²) in [4.78, 5) is 12.1. The molecule has 1 saturated carbocycles. The third-order valence-electron chi connectivity index (χ3n) is 3.75. The van der Waals surface area contributed by atoms with E-state index in [2.05, 4.69) is 10.4 Å². The number of anilines is 1. The first kappa shape index (κ1) is 12.9. The molecule has 1 aliphatic carbocycles. The maximum absolute atomic E-state index is 12.1. The van der Waals surface area contributed by atoms with Gasteiger partial charge in [0.2, 0.25) is 0 Å². The van der Waals surface area contributed by atoms with Crippen molar-refractivity contribution in [3.8, 4) is 5.69 Å². The van der Waals surface area contributed by atoms with E-state index in [0.29, 0.717) is 18.5 Å². The molecule has 1 fully saturated rings. The van der Waals surface area contributed by atoms with Crippen LogP contribution in [0.2, 0.25) is 0 Å². The highest BCUT2D eigenvalue weighted by Gasteiger charge is 2.38. The summed E-state index contributed by atoms with van der Waals surface area (Å²) in [5.41, 5.74) is 0.416. The van der Waals surface area contributed by atoms with Crippen molar-refractivity contribution in [2.75, 3.05) is 5.32 Å². The molecule has 5 heteroatoms. The second kappa shape index (κ2) is 5.09. The Morgan fingerprint density at radius 2 is 1.95 bits per heavy atom. The number of rotatable bonds is 3. The van der Waals surface area contributed by atoms with Gasteiger partial charge in [-0.1, -0.05) is 0 Å². The molecule has 20 heavy (non-hydrogen) atoms. The van der Waals surface area contributed by atoms with E-state index >= 15 is 0 Å². The Kier molecular flexibility index (Phi) is 3.28. The first-order valence-electron chi connectivity index (χ1n) is 6.81. The van der Waals surface area contributed by atoms with Crippen LogP contribution in [-0.4, -0.2) is 26.4 Å². The number of carbonyl (C=O) groups is 1. The van der Waals surface area contributed by atoms with E-state index in [0.717, 1.165) is 18.5 Å². The Hall–Kier alpha value is -2.14. The second-order valence-corrected chi connectivity index (χ2v) is 5.19. The first-order valence-corrected chi connectivity index (χ1v) is 6.81. The number of amides is 1. The van der Waals surface area contributed by atoms with Gasteiger partial charge >= 0.3 is 0 Å². The standard InChI is InChI=1S/C15H17N3O2/c19-14(15(20)8-1-2-9-15)17-12-4-6-13(7-5-12)18-11-3-10-16-18/h3-7,10-11,20H,1-2,8-9H2,(H,17,19). The molecule has 0 atom stereocenters. The van der Waals surface area contributed by atoms with Gasteiger partial charge in [-0.2, -0.15) is 5.10 Å². The summed E-state index contributed by atoms with van der Waals surface area (Å²) in [5.74, 6) is -0.304. The van der Waals surface area contributed by atoms with Gasteiger partial charge in [0.05, 0.1) is 5.69 Å². The smallest absolute Gasteiger partial charge is 0.256 e. The molecule has 0 spiro atoms. The molecule has 5 nitrogen and oxygen atoms in total. The van der Waals surface area contributed by atoms with E-state index in [1.807, 2.05) is 36.5 Å². The largest absolute Gasteiger partial charge is 0.380 e. The molecule has 1 aromatic carbocycles. The van der Waals surface area contributed by atoms with Crippen molar-refractivity contribution in [2.45, 2.75) is 31.3 Å². The summed E-state index contributed by atoms with van der Waals surface area (Å²) >= 11 is 0. The van der Waals surface area contributed by atoms with Gasteiger partial charge in [-0.25, -0.2) is 4.68 Å². The highest BCUT2D eigenvalue weighted by atomic mass is 16.3. The Morgan fingerprint density at radius 1 is 1.25 bits per heavy atom. The van der Waals surface area contributed by atoms with Gasteiger partial charge in [-0.15, -0.1) is 0 Å². The summed E-state index contributed by atoms with van der Waals surface area (Å²) in [6, 6.07) is 9.23. The van der Waals surface area contributed by atoms with Gasteiger partial charge in [0.15, 0.2) is 0 Å². The van der Waals surface area contributed by atoms with Crippen LogP contribution in [0.1, 0.15) is 25.7 Å². The molecule has 3 rings (SSSR count). The van der Waals surface area contributed by atoms with Crippen LogP contribution in [0.15, 0.2) is 42.7 Å². The molecule has 0 radical (unpaired) electrons. The molecule has 2 N–H and O–H groups in total. The summed E-state index contributed by atoms with van der Waals surface area (Å²) in [7, 11) is 0. The minimum Gasteiger partial charge on any atom is -0.380 e. The SMILES string of the molecule is O=C(Nc1ccc(-n2cccn2)cc1)C1(O)CCCC1. The molecule has 0 bridgehead atoms. The molecular formula is C15H17N3O2. The van der Waals surface area contributed by atoms with Crippen molar-refractivity contribution in [3.05, 3.63) is 42.7 Å². The lowest BCUT2D eigenvalue weighted by Gasteiger charge is -2.20. The number of nitrogens with zero attached hydrogens (tertiary/aromatic N) is 2. The zero-order chi connectivity index (χ0) is 14.0. The van der Waals surface area contributed by atoms with Crippen molar-refractivity contribution in [3.63, 3.8) is 0 Å². The van der Waals surface area contributed by atoms with Crippen molar-refractivity contribution in [1.29, 1.82) is 0 Å². The Bertz CT molecular complexity index is 584. The van der Waals surface area contributed by atoms with E-state index < -0.39 is 5.60 Å². The number of aliphatic hydroxyl groups is 1.